The van der Waals surface area contributed by atoms with Gasteiger partial charge in [0.2, 0.25) is 5.91 Å². The average molecular weight is 364 g/mol. The Bertz CT molecular complexity index is 772. The second-order valence-electron chi connectivity index (χ2n) is 5.43. The van der Waals surface area contributed by atoms with Crippen molar-refractivity contribution in [3.63, 3.8) is 0 Å². The molecular weight excluding hydrogens is 342 g/mol. The van der Waals surface area contributed by atoms with E-state index in [1.807, 2.05) is 20.8 Å². The van der Waals surface area contributed by atoms with Crippen LogP contribution in [0.25, 0.3) is 0 Å². The van der Waals surface area contributed by atoms with Crippen LogP contribution in [0.5, 0.6) is 0 Å². The lowest BCUT2D eigenvalue weighted by molar-refractivity contribution is -0.113. The second kappa shape index (κ2) is 8.31. The molecule has 128 valence electrons. The molecule has 24 heavy (non-hydrogen) atoms. The summed E-state index contributed by atoms with van der Waals surface area (Å²) in [5.41, 5.74) is 4.33. The van der Waals surface area contributed by atoms with Crippen molar-refractivity contribution in [1.82, 2.24) is 15.0 Å². The number of carbonyl (C=O) groups excluding carboxylic acids is 1. The van der Waals surface area contributed by atoms with Crippen LogP contribution < -0.4 is 5.32 Å². The van der Waals surface area contributed by atoms with Crippen LogP contribution in [-0.4, -0.2) is 38.6 Å². The van der Waals surface area contributed by atoms with Gasteiger partial charge in [-0.25, -0.2) is 4.98 Å². The minimum absolute atomic E-state index is 0.169. The number of nitrogens with one attached hydrogen (secondary N) is 3. The van der Waals surface area contributed by atoms with Gasteiger partial charge in [-0.1, -0.05) is 11.8 Å². The molecule has 2 heterocycles. The highest BCUT2D eigenvalue weighted by Crippen LogP contribution is 2.22. The van der Waals surface area contributed by atoms with Gasteiger partial charge in [0.25, 0.3) is 0 Å². The molecule has 0 saturated heterocycles. The van der Waals surface area contributed by atoms with E-state index >= 15 is 0 Å². The molecule has 3 N–H and O–H groups in total. The number of imidazole rings is 1. The molecule has 0 saturated carbocycles. The van der Waals surface area contributed by atoms with Gasteiger partial charge in [-0.2, -0.15) is 17.0 Å². The Morgan fingerprint density at radius 2 is 2.04 bits per heavy atom. The van der Waals surface area contributed by atoms with Crippen LogP contribution in [0, 0.1) is 32.1 Å². The van der Waals surface area contributed by atoms with Crippen molar-refractivity contribution in [3.8, 4) is 6.07 Å². The van der Waals surface area contributed by atoms with Crippen molar-refractivity contribution >= 4 is 35.2 Å². The van der Waals surface area contributed by atoms with Crippen LogP contribution in [0.15, 0.2) is 5.16 Å². The molecule has 0 unspecified atom stereocenters. The highest BCUT2D eigenvalue weighted by Gasteiger charge is 2.15. The number of anilines is 1. The number of carbonyl (C=O) groups is 1. The molecule has 0 aliphatic carbocycles. The first-order valence-electron chi connectivity index (χ1n) is 7.52. The lowest BCUT2D eigenvalue weighted by Crippen LogP contribution is -2.15. The van der Waals surface area contributed by atoms with Gasteiger partial charge >= 0.3 is 0 Å². The molecular formula is C16H21N5OS2. The zero-order valence-electron chi connectivity index (χ0n) is 14.2. The maximum atomic E-state index is 12.1. The zero-order valence-corrected chi connectivity index (χ0v) is 15.9. The quantitative estimate of drug-likeness (QED) is 0.657. The van der Waals surface area contributed by atoms with Crippen molar-refractivity contribution in [2.75, 3.05) is 23.1 Å². The highest BCUT2D eigenvalue weighted by molar-refractivity contribution is 7.99. The van der Waals surface area contributed by atoms with Gasteiger partial charge in [0.05, 0.1) is 17.0 Å². The molecule has 0 aromatic carbocycles. The third-order valence-corrected chi connectivity index (χ3v) is 5.21. The highest BCUT2D eigenvalue weighted by atomic mass is 32.2. The summed E-state index contributed by atoms with van der Waals surface area (Å²) in [6, 6.07) is 2.12. The Hall–Kier alpha value is -1.85. The van der Waals surface area contributed by atoms with Crippen molar-refractivity contribution < 1.29 is 4.79 Å². The smallest absolute Gasteiger partial charge is 0.235 e. The monoisotopic (exact) mass is 363 g/mol. The number of amides is 1. The van der Waals surface area contributed by atoms with E-state index in [-0.39, 0.29) is 11.7 Å². The summed E-state index contributed by atoms with van der Waals surface area (Å²) in [5.74, 6) is 1.56. The first kappa shape index (κ1) is 18.5. The fourth-order valence-corrected chi connectivity index (χ4v) is 3.38. The number of hydrogen-bond acceptors (Lipinski definition) is 5. The number of thioether (sulfide) groups is 2. The lowest BCUT2D eigenvalue weighted by Gasteiger charge is -2.02. The third kappa shape index (κ3) is 4.36. The molecule has 0 spiro atoms. The number of nitrogens with zero attached hydrogens (tertiary/aromatic N) is 2. The summed E-state index contributed by atoms with van der Waals surface area (Å²) in [4.78, 5) is 22.9. The van der Waals surface area contributed by atoms with E-state index in [9.17, 15) is 10.1 Å². The topological polar surface area (TPSA) is 97.4 Å². The van der Waals surface area contributed by atoms with E-state index in [0.29, 0.717) is 11.4 Å². The number of aromatic amines is 2. The Balaban J connectivity index is 1.94. The van der Waals surface area contributed by atoms with E-state index in [4.69, 9.17) is 0 Å². The Labute approximate surface area is 150 Å². The number of hydrogen-bond donors (Lipinski definition) is 3. The number of rotatable bonds is 7. The molecule has 0 atom stereocenters. The fourth-order valence-electron chi connectivity index (χ4n) is 2.24. The molecule has 0 radical (unpaired) electrons. The van der Waals surface area contributed by atoms with Gasteiger partial charge in [-0.15, -0.1) is 0 Å². The SMILES string of the molecule is CSCCc1nc(SCC(=O)Nc2[nH]c(C)c(C)c2C#N)[nH]c1C. The molecule has 1 amide bonds. The molecule has 2 aromatic rings. The van der Waals surface area contributed by atoms with Gasteiger partial charge in [0.15, 0.2) is 5.16 Å². The summed E-state index contributed by atoms with van der Waals surface area (Å²) in [5, 5.41) is 12.7. The van der Waals surface area contributed by atoms with Gasteiger partial charge < -0.3 is 15.3 Å². The third-order valence-electron chi connectivity index (χ3n) is 3.72. The van der Waals surface area contributed by atoms with Crippen LogP contribution in [0.4, 0.5) is 5.82 Å². The van der Waals surface area contributed by atoms with E-state index in [1.165, 1.54) is 11.8 Å². The lowest BCUT2D eigenvalue weighted by atomic mass is 10.2. The number of aromatic nitrogens is 3. The molecule has 0 aliphatic heterocycles. The van der Waals surface area contributed by atoms with E-state index < -0.39 is 0 Å². The first-order chi connectivity index (χ1) is 11.5. The summed E-state index contributed by atoms with van der Waals surface area (Å²) >= 11 is 3.14. The average Bonchev–Trinajstić information content (AvgIpc) is 3.03. The van der Waals surface area contributed by atoms with Crippen LogP contribution in [0.3, 0.4) is 0 Å². The fraction of sp³-hybridized carbons (Fsp3) is 0.438. The van der Waals surface area contributed by atoms with Crippen LogP contribution in [-0.2, 0) is 11.2 Å². The summed E-state index contributed by atoms with van der Waals surface area (Å²) in [6.07, 6.45) is 2.99. The van der Waals surface area contributed by atoms with Crippen molar-refractivity contribution in [2.24, 2.45) is 0 Å². The molecule has 6 nitrogen and oxygen atoms in total. The number of H-pyrrole nitrogens is 2. The number of nitriles is 1. The van der Waals surface area contributed by atoms with Crippen molar-refractivity contribution in [1.29, 1.82) is 5.26 Å². The zero-order chi connectivity index (χ0) is 17.7. The predicted octanol–water partition coefficient (Wildman–Crippen LogP) is 3.17. The van der Waals surface area contributed by atoms with Gasteiger partial charge in [-0.3, -0.25) is 4.79 Å². The van der Waals surface area contributed by atoms with E-state index in [1.54, 1.807) is 11.8 Å². The van der Waals surface area contributed by atoms with Gasteiger partial charge in [-0.05, 0) is 38.3 Å². The van der Waals surface area contributed by atoms with Crippen LogP contribution in [0.2, 0.25) is 0 Å². The van der Waals surface area contributed by atoms with Crippen molar-refractivity contribution in [2.45, 2.75) is 32.3 Å². The Morgan fingerprint density at radius 3 is 2.71 bits per heavy atom. The Kier molecular flexibility index (Phi) is 6.40. The van der Waals surface area contributed by atoms with E-state index in [0.717, 1.165) is 40.0 Å². The predicted molar refractivity (Wildman–Crippen MR) is 99.7 cm³/mol. The minimum Gasteiger partial charge on any atom is -0.344 e. The van der Waals surface area contributed by atoms with E-state index in [2.05, 4.69) is 32.6 Å². The summed E-state index contributed by atoms with van der Waals surface area (Å²) < 4.78 is 0. The van der Waals surface area contributed by atoms with Gasteiger partial charge in [0, 0.05) is 17.8 Å². The molecule has 0 aliphatic rings. The molecule has 8 heteroatoms. The number of aryl methyl sites for hydroxylation is 3. The minimum atomic E-state index is -0.169. The maximum absolute atomic E-state index is 12.1. The molecule has 2 aromatic heterocycles. The largest absolute Gasteiger partial charge is 0.344 e. The molecule has 0 fully saturated rings. The molecule has 0 bridgehead atoms. The second-order valence-corrected chi connectivity index (χ2v) is 7.38. The molecule has 2 rings (SSSR count). The Morgan fingerprint density at radius 1 is 1.29 bits per heavy atom. The van der Waals surface area contributed by atoms with Crippen molar-refractivity contribution in [3.05, 3.63) is 28.2 Å². The standard InChI is InChI=1S/C16H21N5OS2/c1-9-10(2)18-15(12(9)7-17)21-14(22)8-24-16-19-11(3)13(20-16)5-6-23-4/h18H,5-6,8H2,1-4H3,(H,19,20)(H,21,22). The van der Waals surface area contributed by atoms with Crippen LogP contribution in [0.1, 0.15) is 28.2 Å². The summed E-state index contributed by atoms with van der Waals surface area (Å²) in [7, 11) is 0. The normalized spacial score (nSPS) is 10.6. The van der Waals surface area contributed by atoms with Gasteiger partial charge in [0.1, 0.15) is 11.9 Å². The van der Waals surface area contributed by atoms with Crippen LogP contribution >= 0.6 is 23.5 Å². The summed E-state index contributed by atoms with van der Waals surface area (Å²) in [6.45, 7) is 5.73. The maximum Gasteiger partial charge on any atom is 0.235 e. The first-order valence-corrected chi connectivity index (χ1v) is 9.90.